The highest BCUT2D eigenvalue weighted by Crippen LogP contribution is 2.43. The van der Waals surface area contributed by atoms with Crippen LogP contribution in [0, 0.1) is 0 Å². The Morgan fingerprint density at radius 3 is 1.53 bits per heavy atom. The van der Waals surface area contributed by atoms with Crippen LogP contribution in [0.2, 0.25) is 0 Å². The molecule has 0 unspecified atom stereocenters. The average molecular weight is 600 g/mol. The summed E-state index contributed by atoms with van der Waals surface area (Å²) < 4.78 is 0. The summed E-state index contributed by atoms with van der Waals surface area (Å²) in [5.41, 5.74) is 12.9. The second kappa shape index (κ2) is 12.7. The maximum atomic E-state index is 2.39. The molecule has 0 amide bonds. The van der Waals surface area contributed by atoms with Crippen molar-refractivity contribution in [3.8, 4) is 44.5 Å². The molecule has 0 N–H and O–H groups in total. The van der Waals surface area contributed by atoms with Crippen LogP contribution >= 0.6 is 0 Å². The first-order valence-electron chi connectivity index (χ1n) is 16.1. The lowest BCUT2D eigenvalue weighted by Gasteiger charge is -2.28. The van der Waals surface area contributed by atoms with Gasteiger partial charge in [0.05, 0.1) is 5.69 Å². The van der Waals surface area contributed by atoms with Gasteiger partial charge in [-0.1, -0.05) is 158 Å². The molecule has 0 aliphatic rings. The van der Waals surface area contributed by atoms with Crippen LogP contribution in [-0.4, -0.2) is 0 Å². The van der Waals surface area contributed by atoms with E-state index in [4.69, 9.17) is 0 Å². The molecule has 1 heteroatoms. The van der Waals surface area contributed by atoms with Crippen LogP contribution in [0.25, 0.3) is 55.3 Å². The molecule has 0 fully saturated rings. The molecule has 0 aliphatic carbocycles. The zero-order chi connectivity index (χ0) is 31.4. The minimum Gasteiger partial charge on any atom is -0.310 e. The first-order valence-corrected chi connectivity index (χ1v) is 16.1. The van der Waals surface area contributed by atoms with Crippen LogP contribution in [0.1, 0.15) is 0 Å². The lowest BCUT2D eigenvalue weighted by Crippen LogP contribution is -2.11. The minimum absolute atomic E-state index is 1.10. The van der Waals surface area contributed by atoms with Crippen LogP contribution in [0.5, 0.6) is 0 Å². The fourth-order valence-corrected chi connectivity index (χ4v) is 6.46. The van der Waals surface area contributed by atoms with Crippen molar-refractivity contribution in [2.75, 3.05) is 4.90 Å². The van der Waals surface area contributed by atoms with E-state index in [1.807, 2.05) is 0 Å². The van der Waals surface area contributed by atoms with Gasteiger partial charge in [0.15, 0.2) is 0 Å². The topological polar surface area (TPSA) is 3.24 Å². The first kappa shape index (κ1) is 28.3. The Balaban J connectivity index is 1.27. The maximum absolute atomic E-state index is 2.39. The number of nitrogens with zero attached hydrogens (tertiary/aromatic N) is 1. The quantitative estimate of drug-likeness (QED) is 0.176. The van der Waals surface area contributed by atoms with Crippen molar-refractivity contribution in [1.29, 1.82) is 0 Å². The van der Waals surface area contributed by atoms with Crippen molar-refractivity contribution < 1.29 is 0 Å². The lowest BCUT2D eigenvalue weighted by molar-refractivity contribution is 1.28. The van der Waals surface area contributed by atoms with Crippen LogP contribution in [0.3, 0.4) is 0 Å². The van der Waals surface area contributed by atoms with Gasteiger partial charge in [-0.05, 0) is 92.2 Å². The molecule has 1 nitrogen and oxygen atoms in total. The monoisotopic (exact) mass is 599 g/mol. The molecule has 8 aromatic rings. The summed E-state index contributed by atoms with van der Waals surface area (Å²) in [6.07, 6.45) is 0. The predicted octanol–water partition coefficient (Wildman–Crippen LogP) is 13.0. The molecule has 0 atom stereocenters. The summed E-state index contributed by atoms with van der Waals surface area (Å²) in [5, 5.41) is 2.49. The van der Waals surface area contributed by atoms with Crippen molar-refractivity contribution in [3.05, 3.63) is 200 Å². The normalized spacial score (nSPS) is 11.0. The van der Waals surface area contributed by atoms with Gasteiger partial charge in [0.25, 0.3) is 0 Å². The zero-order valence-electron chi connectivity index (χ0n) is 26.0. The zero-order valence-corrected chi connectivity index (χ0v) is 26.0. The van der Waals surface area contributed by atoms with Gasteiger partial charge in [0, 0.05) is 16.9 Å². The third-order valence-corrected chi connectivity index (χ3v) is 8.85. The van der Waals surface area contributed by atoms with Gasteiger partial charge in [-0.15, -0.1) is 0 Å². The number of hydrogen-bond acceptors (Lipinski definition) is 1. The summed E-state index contributed by atoms with van der Waals surface area (Å²) in [4.78, 5) is 2.39. The third-order valence-electron chi connectivity index (χ3n) is 8.85. The summed E-state index contributed by atoms with van der Waals surface area (Å²) in [6, 6.07) is 71.9. The summed E-state index contributed by atoms with van der Waals surface area (Å²) in [7, 11) is 0. The van der Waals surface area contributed by atoms with Gasteiger partial charge >= 0.3 is 0 Å². The number of para-hydroxylation sites is 1. The van der Waals surface area contributed by atoms with E-state index in [9.17, 15) is 0 Å². The SMILES string of the molecule is c1ccc(-c2ccc(N(c3cccc(-c4ccc5ccccc5c4)c3)c3ccccc3-c3cccc(-c4ccccc4)c3)cc2)cc1. The maximum Gasteiger partial charge on any atom is 0.0540 e. The largest absolute Gasteiger partial charge is 0.310 e. The molecule has 8 aromatic carbocycles. The van der Waals surface area contributed by atoms with E-state index >= 15 is 0 Å². The van der Waals surface area contributed by atoms with Crippen molar-refractivity contribution in [2.45, 2.75) is 0 Å². The molecule has 8 rings (SSSR count). The fraction of sp³-hybridized carbons (Fsp3) is 0. The summed E-state index contributed by atoms with van der Waals surface area (Å²) >= 11 is 0. The molecule has 0 aliphatic heterocycles. The highest BCUT2D eigenvalue weighted by molar-refractivity contribution is 5.92. The van der Waals surface area contributed by atoms with E-state index in [-0.39, 0.29) is 0 Å². The second-order valence-electron chi connectivity index (χ2n) is 11.8. The lowest BCUT2D eigenvalue weighted by atomic mass is 9.96. The fourth-order valence-electron chi connectivity index (χ4n) is 6.46. The molecule has 0 aromatic heterocycles. The van der Waals surface area contributed by atoms with Gasteiger partial charge in [-0.2, -0.15) is 0 Å². The molecule has 222 valence electrons. The molecule has 47 heavy (non-hydrogen) atoms. The molecule has 0 heterocycles. The van der Waals surface area contributed by atoms with E-state index in [1.165, 1.54) is 55.3 Å². The second-order valence-corrected chi connectivity index (χ2v) is 11.8. The van der Waals surface area contributed by atoms with Crippen LogP contribution < -0.4 is 4.90 Å². The van der Waals surface area contributed by atoms with Gasteiger partial charge in [0.2, 0.25) is 0 Å². The Hall–Kier alpha value is -6.18. The Bertz CT molecular complexity index is 2290. The first-order chi connectivity index (χ1) is 23.3. The Morgan fingerprint density at radius 1 is 0.255 bits per heavy atom. The molecule has 0 radical (unpaired) electrons. The summed E-state index contributed by atoms with van der Waals surface area (Å²) in [5.74, 6) is 0. The van der Waals surface area contributed by atoms with Crippen molar-refractivity contribution in [1.82, 2.24) is 0 Å². The summed E-state index contributed by atoms with van der Waals surface area (Å²) in [6.45, 7) is 0. The number of fused-ring (bicyclic) bond motifs is 1. The number of rotatable bonds is 7. The minimum atomic E-state index is 1.10. The van der Waals surface area contributed by atoms with Crippen LogP contribution in [-0.2, 0) is 0 Å². The Labute approximate surface area is 276 Å². The van der Waals surface area contributed by atoms with Gasteiger partial charge in [0.1, 0.15) is 0 Å². The molecule has 0 saturated carbocycles. The van der Waals surface area contributed by atoms with E-state index in [0.717, 1.165) is 17.1 Å². The highest BCUT2D eigenvalue weighted by Gasteiger charge is 2.18. The van der Waals surface area contributed by atoms with Crippen molar-refractivity contribution >= 4 is 27.8 Å². The van der Waals surface area contributed by atoms with Crippen LogP contribution in [0.4, 0.5) is 17.1 Å². The van der Waals surface area contributed by atoms with Gasteiger partial charge in [-0.25, -0.2) is 0 Å². The third kappa shape index (κ3) is 5.83. The number of benzene rings is 8. The van der Waals surface area contributed by atoms with Crippen molar-refractivity contribution in [2.24, 2.45) is 0 Å². The Morgan fingerprint density at radius 2 is 0.766 bits per heavy atom. The Kier molecular flexibility index (Phi) is 7.63. The van der Waals surface area contributed by atoms with Gasteiger partial charge in [-0.3, -0.25) is 0 Å². The smallest absolute Gasteiger partial charge is 0.0540 e. The molecule has 0 spiro atoms. The van der Waals surface area contributed by atoms with Gasteiger partial charge < -0.3 is 4.90 Å². The molecule has 0 bridgehead atoms. The van der Waals surface area contributed by atoms with E-state index in [0.29, 0.717) is 0 Å². The highest BCUT2D eigenvalue weighted by atomic mass is 15.1. The molecular weight excluding hydrogens is 567 g/mol. The predicted molar refractivity (Wildman–Crippen MR) is 200 cm³/mol. The van der Waals surface area contributed by atoms with Crippen molar-refractivity contribution in [3.63, 3.8) is 0 Å². The molecule has 0 saturated heterocycles. The number of hydrogen-bond donors (Lipinski definition) is 0. The van der Waals surface area contributed by atoms with Crippen LogP contribution in [0.15, 0.2) is 200 Å². The number of anilines is 3. The standard InChI is InChI=1S/C46H33N/c1-3-13-34(14-4-1)37-27-29-43(30-28-37)47(44-22-12-20-40(33-44)41-26-25-36-17-7-8-18-38(36)31-41)46-24-10-9-23-45(46)42-21-11-19-39(32-42)35-15-5-2-6-16-35/h1-33H. The molecular formula is C46H33N. The van der Waals surface area contributed by atoms with E-state index in [2.05, 4.69) is 205 Å². The van der Waals surface area contributed by atoms with E-state index in [1.54, 1.807) is 0 Å². The average Bonchev–Trinajstić information content (AvgIpc) is 3.16. The van der Waals surface area contributed by atoms with E-state index < -0.39 is 0 Å².